The molecule has 1 aliphatic heterocycles. The molecule has 0 aromatic carbocycles. The summed E-state index contributed by atoms with van der Waals surface area (Å²) in [6, 6.07) is 0.0966. The average molecular weight is 272 g/mol. The third-order valence-corrected chi connectivity index (χ3v) is 4.27. The summed E-state index contributed by atoms with van der Waals surface area (Å²) in [6.07, 6.45) is 1.94. The summed E-state index contributed by atoms with van der Waals surface area (Å²) in [5.41, 5.74) is 5.99. The van der Waals surface area contributed by atoms with Gasteiger partial charge in [0.1, 0.15) is 0 Å². The number of nitrogens with zero attached hydrogens (tertiary/aromatic N) is 2. The molecule has 1 aromatic rings. The normalized spacial score (nSPS) is 21.3. The van der Waals surface area contributed by atoms with Crippen molar-refractivity contribution in [3.8, 4) is 0 Å². The maximum absolute atomic E-state index is 11.5. The Kier molecular flexibility index (Phi) is 4.85. The van der Waals surface area contributed by atoms with Crippen LogP contribution in [0.1, 0.15) is 19.8 Å². The molecule has 1 saturated heterocycles. The second kappa shape index (κ2) is 6.40. The Morgan fingerprint density at radius 1 is 1.72 bits per heavy atom. The van der Waals surface area contributed by atoms with Crippen LogP contribution in [0.25, 0.3) is 0 Å². The van der Waals surface area contributed by atoms with Crippen LogP contribution in [0.15, 0.2) is 9.95 Å². The van der Waals surface area contributed by atoms with E-state index in [0.717, 1.165) is 37.0 Å². The quantitative estimate of drug-likeness (QED) is 0.734. The second-order valence-corrected chi connectivity index (χ2v) is 5.55. The maximum atomic E-state index is 11.5. The van der Waals surface area contributed by atoms with Crippen molar-refractivity contribution in [3.63, 3.8) is 0 Å². The number of nitrogens with two attached hydrogens (primary N) is 1. The van der Waals surface area contributed by atoms with Crippen molar-refractivity contribution >= 4 is 11.8 Å². The summed E-state index contributed by atoms with van der Waals surface area (Å²) in [5.74, 6) is 1.20. The highest BCUT2D eigenvalue weighted by atomic mass is 32.2. The molecular formula is C11H20N4O2S. The molecule has 0 radical (unpaired) electrons. The number of nitrogens with one attached hydrogen (secondary N) is 1. The first kappa shape index (κ1) is 13.6. The van der Waals surface area contributed by atoms with Gasteiger partial charge in [0.2, 0.25) is 0 Å². The molecule has 2 rings (SSSR count). The molecule has 0 bridgehead atoms. The minimum Gasteiger partial charge on any atom is -0.381 e. The number of aromatic nitrogens is 3. The Labute approximate surface area is 110 Å². The van der Waals surface area contributed by atoms with Crippen molar-refractivity contribution in [3.05, 3.63) is 10.5 Å². The van der Waals surface area contributed by atoms with Gasteiger partial charge in [-0.05, 0) is 12.8 Å². The molecule has 0 saturated carbocycles. The van der Waals surface area contributed by atoms with Crippen LogP contribution in [0.4, 0.5) is 0 Å². The van der Waals surface area contributed by atoms with E-state index in [1.54, 1.807) is 16.3 Å². The van der Waals surface area contributed by atoms with Gasteiger partial charge in [-0.2, -0.15) is 0 Å². The summed E-state index contributed by atoms with van der Waals surface area (Å²) >= 11 is 1.54. The molecular weight excluding hydrogens is 252 g/mol. The average Bonchev–Trinajstić information content (AvgIpc) is 2.99. The predicted octanol–water partition coefficient (Wildman–Crippen LogP) is 0.437. The molecule has 102 valence electrons. The fraction of sp³-hybridized carbons (Fsp3) is 0.818. The van der Waals surface area contributed by atoms with Gasteiger partial charge in [-0.1, -0.05) is 18.7 Å². The van der Waals surface area contributed by atoms with Gasteiger partial charge in [0, 0.05) is 30.9 Å². The molecule has 7 heteroatoms. The van der Waals surface area contributed by atoms with Crippen molar-refractivity contribution in [1.82, 2.24) is 14.8 Å². The molecule has 2 atom stereocenters. The molecule has 0 aliphatic carbocycles. The number of hydrogen-bond acceptors (Lipinski definition) is 5. The van der Waals surface area contributed by atoms with Gasteiger partial charge >= 0.3 is 5.69 Å². The first-order chi connectivity index (χ1) is 8.72. The molecule has 1 aliphatic rings. The Morgan fingerprint density at radius 2 is 2.56 bits per heavy atom. The summed E-state index contributed by atoms with van der Waals surface area (Å²) in [4.78, 5) is 11.5. The molecule has 3 N–H and O–H groups in total. The third kappa shape index (κ3) is 3.15. The molecule has 6 nitrogen and oxygen atoms in total. The Morgan fingerprint density at radius 3 is 3.22 bits per heavy atom. The van der Waals surface area contributed by atoms with Gasteiger partial charge in [0.15, 0.2) is 5.16 Å². The third-order valence-electron chi connectivity index (χ3n) is 3.15. The van der Waals surface area contributed by atoms with Crippen LogP contribution in [0.2, 0.25) is 0 Å². The summed E-state index contributed by atoms with van der Waals surface area (Å²) in [5, 5.41) is 7.25. The van der Waals surface area contributed by atoms with Crippen molar-refractivity contribution in [2.24, 2.45) is 11.7 Å². The van der Waals surface area contributed by atoms with E-state index in [4.69, 9.17) is 10.5 Å². The van der Waals surface area contributed by atoms with Gasteiger partial charge in [0.05, 0.1) is 6.61 Å². The first-order valence-corrected chi connectivity index (χ1v) is 7.32. The van der Waals surface area contributed by atoms with E-state index in [1.807, 2.05) is 6.92 Å². The van der Waals surface area contributed by atoms with E-state index in [-0.39, 0.29) is 11.7 Å². The van der Waals surface area contributed by atoms with Gasteiger partial charge in [-0.25, -0.2) is 9.89 Å². The number of aromatic amines is 1. The summed E-state index contributed by atoms with van der Waals surface area (Å²) in [7, 11) is 0. The molecule has 2 heterocycles. The predicted molar refractivity (Wildman–Crippen MR) is 70.8 cm³/mol. The fourth-order valence-electron chi connectivity index (χ4n) is 2.03. The molecule has 0 amide bonds. The van der Waals surface area contributed by atoms with Crippen molar-refractivity contribution in [2.75, 3.05) is 19.0 Å². The number of rotatable bonds is 6. The monoisotopic (exact) mass is 272 g/mol. The zero-order valence-corrected chi connectivity index (χ0v) is 11.4. The van der Waals surface area contributed by atoms with Crippen LogP contribution in [0.5, 0.6) is 0 Å². The summed E-state index contributed by atoms with van der Waals surface area (Å²) in [6.45, 7) is 4.30. The number of ether oxygens (including phenoxy) is 1. The minimum atomic E-state index is -0.142. The largest absolute Gasteiger partial charge is 0.381 e. The number of hydrogen-bond donors (Lipinski definition) is 2. The highest BCUT2D eigenvalue weighted by Crippen LogP contribution is 2.21. The lowest BCUT2D eigenvalue weighted by Crippen LogP contribution is -2.33. The zero-order valence-electron chi connectivity index (χ0n) is 10.6. The minimum absolute atomic E-state index is 0.0966. The molecule has 2 unspecified atom stereocenters. The Hall–Kier alpha value is -0.790. The molecule has 1 fully saturated rings. The lowest BCUT2D eigenvalue weighted by atomic mass is 10.0. The number of H-pyrrole nitrogens is 1. The second-order valence-electron chi connectivity index (χ2n) is 4.56. The van der Waals surface area contributed by atoms with E-state index in [9.17, 15) is 4.79 Å². The van der Waals surface area contributed by atoms with Crippen molar-refractivity contribution in [1.29, 1.82) is 0 Å². The lowest BCUT2D eigenvalue weighted by molar-refractivity contribution is 0.182. The van der Waals surface area contributed by atoms with Gasteiger partial charge in [-0.3, -0.25) is 4.57 Å². The van der Waals surface area contributed by atoms with E-state index >= 15 is 0 Å². The lowest BCUT2D eigenvalue weighted by Gasteiger charge is -2.16. The summed E-state index contributed by atoms with van der Waals surface area (Å²) < 4.78 is 7.00. The van der Waals surface area contributed by atoms with Crippen LogP contribution < -0.4 is 11.4 Å². The van der Waals surface area contributed by atoms with Crippen LogP contribution in [-0.2, 0) is 11.3 Å². The fourth-order valence-corrected chi connectivity index (χ4v) is 3.09. The van der Waals surface area contributed by atoms with Crippen LogP contribution >= 0.6 is 11.8 Å². The topological polar surface area (TPSA) is 85.9 Å². The van der Waals surface area contributed by atoms with Crippen LogP contribution in [0, 0.1) is 5.92 Å². The standard InChI is InChI=1S/C11H20N4O2S/c1-2-4-15-10(16)13-14-11(15)18-7-9(12)8-3-5-17-6-8/h8-9H,2-7,12H2,1H3,(H,13,16). The van der Waals surface area contributed by atoms with E-state index in [0.29, 0.717) is 12.5 Å². The smallest absolute Gasteiger partial charge is 0.343 e. The van der Waals surface area contributed by atoms with Crippen LogP contribution in [0.3, 0.4) is 0 Å². The molecule has 18 heavy (non-hydrogen) atoms. The van der Waals surface area contributed by atoms with E-state index in [2.05, 4.69) is 10.2 Å². The molecule has 1 aromatic heterocycles. The highest BCUT2D eigenvalue weighted by Gasteiger charge is 2.23. The Bertz CT molecular complexity index is 425. The van der Waals surface area contributed by atoms with Gasteiger partial charge in [-0.15, -0.1) is 5.10 Å². The SMILES string of the molecule is CCCn1c(SCC(N)C2CCOC2)n[nH]c1=O. The van der Waals surface area contributed by atoms with Crippen LogP contribution in [-0.4, -0.2) is 39.8 Å². The zero-order chi connectivity index (χ0) is 13.0. The Balaban J connectivity index is 1.91. The maximum Gasteiger partial charge on any atom is 0.343 e. The van der Waals surface area contributed by atoms with Crippen molar-refractivity contribution < 1.29 is 4.74 Å². The van der Waals surface area contributed by atoms with Crippen molar-refractivity contribution in [2.45, 2.75) is 37.5 Å². The number of thioether (sulfide) groups is 1. The van der Waals surface area contributed by atoms with Gasteiger partial charge < -0.3 is 10.5 Å². The molecule has 0 spiro atoms. The highest BCUT2D eigenvalue weighted by molar-refractivity contribution is 7.99. The first-order valence-electron chi connectivity index (χ1n) is 6.33. The van der Waals surface area contributed by atoms with Gasteiger partial charge in [0.25, 0.3) is 0 Å². The van der Waals surface area contributed by atoms with E-state index < -0.39 is 0 Å². The van der Waals surface area contributed by atoms with E-state index in [1.165, 1.54) is 0 Å².